The van der Waals surface area contributed by atoms with E-state index in [4.69, 9.17) is 4.74 Å². The van der Waals surface area contributed by atoms with Crippen molar-refractivity contribution in [2.24, 2.45) is 0 Å². The Hall–Kier alpha value is -2.97. The van der Waals surface area contributed by atoms with Gasteiger partial charge in [0.15, 0.2) is 5.78 Å². The molecule has 1 aromatic carbocycles. The zero-order valence-electron chi connectivity index (χ0n) is 16.1. The third-order valence-corrected chi connectivity index (χ3v) is 4.68. The number of rotatable bonds is 8. The largest absolute Gasteiger partial charge is 0.445 e. The molecule has 1 atom stereocenters. The molecule has 3 rings (SSSR count). The van der Waals surface area contributed by atoms with Crippen molar-refractivity contribution in [3.63, 3.8) is 0 Å². The van der Waals surface area contributed by atoms with Crippen molar-refractivity contribution in [1.29, 1.82) is 0 Å². The van der Waals surface area contributed by atoms with Crippen LogP contribution in [0, 0.1) is 0 Å². The zero-order valence-corrected chi connectivity index (χ0v) is 16.1. The van der Waals surface area contributed by atoms with Crippen LogP contribution >= 0.6 is 0 Å². The number of carbonyl (C=O) groups is 2. The fraction of sp³-hybridized carbons (Fsp3) is 0.526. The number of aromatic nitrogens is 4. The first-order valence-corrected chi connectivity index (χ1v) is 9.68. The van der Waals surface area contributed by atoms with Crippen molar-refractivity contribution < 1.29 is 14.3 Å². The maximum absolute atomic E-state index is 12.5. The third kappa shape index (κ3) is 5.51. The maximum Gasteiger partial charge on any atom is 0.408 e. The van der Waals surface area contributed by atoms with Crippen molar-refractivity contribution in [2.45, 2.75) is 51.8 Å². The molecule has 9 heteroatoms. The molecule has 150 valence electrons. The monoisotopic (exact) mass is 386 g/mol. The molecule has 0 saturated carbocycles. The molecule has 1 N–H and O–H groups in total. The van der Waals surface area contributed by atoms with Gasteiger partial charge < -0.3 is 15.0 Å². The molecule has 1 fully saturated rings. The standard InChI is InChI=1S/C19H26N6O3/c1-2-16(20-19(27)28-14-15-9-5-3-6-10-15)17(26)13-25-22-18(21-23-25)24-11-7-4-8-12-24/h3,5-6,9-10,16H,2,4,7-8,11-14H2,1H3,(H,20,27). The van der Waals surface area contributed by atoms with Crippen LogP contribution in [0.4, 0.5) is 10.7 Å². The second kappa shape index (κ2) is 9.82. The van der Waals surface area contributed by atoms with E-state index in [1.807, 2.05) is 37.3 Å². The first-order valence-electron chi connectivity index (χ1n) is 9.68. The van der Waals surface area contributed by atoms with E-state index in [0.717, 1.165) is 31.5 Å². The number of ether oxygens (including phenoxy) is 1. The molecular weight excluding hydrogens is 360 g/mol. The number of ketones is 1. The van der Waals surface area contributed by atoms with Gasteiger partial charge in [0, 0.05) is 13.1 Å². The van der Waals surface area contributed by atoms with Crippen LogP contribution in [0.3, 0.4) is 0 Å². The number of hydrogen-bond acceptors (Lipinski definition) is 7. The summed E-state index contributed by atoms with van der Waals surface area (Å²) in [4.78, 5) is 27.9. The highest BCUT2D eigenvalue weighted by Gasteiger charge is 2.22. The number of carbonyl (C=O) groups excluding carboxylic acids is 2. The summed E-state index contributed by atoms with van der Waals surface area (Å²) in [5.41, 5.74) is 0.883. The van der Waals surface area contributed by atoms with Gasteiger partial charge in [0.05, 0.1) is 6.04 Å². The summed E-state index contributed by atoms with van der Waals surface area (Å²) >= 11 is 0. The lowest BCUT2D eigenvalue weighted by Gasteiger charge is -2.24. The second-order valence-electron chi connectivity index (χ2n) is 6.80. The van der Waals surface area contributed by atoms with Crippen molar-refractivity contribution >= 4 is 17.8 Å². The molecule has 0 radical (unpaired) electrons. The Labute approximate surface area is 164 Å². The van der Waals surface area contributed by atoms with Gasteiger partial charge in [-0.25, -0.2) is 4.79 Å². The number of alkyl carbamates (subject to hydrolysis) is 1. The van der Waals surface area contributed by atoms with Gasteiger partial charge in [-0.15, -0.1) is 5.10 Å². The van der Waals surface area contributed by atoms with E-state index in [2.05, 4.69) is 25.6 Å². The van der Waals surface area contributed by atoms with Crippen LogP contribution in [0.15, 0.2) is 30.3 Å². The Morgan fingerprint density at radius 3 is 2.64 bits per heavy atom. The van der Waals surface area contributed by atoms with E-state index in [-0.39, 0.29) is 18.9 Å². The SMILES string of the molecule is CCC(NC(=O)OCc1ccccc1)C(=O)Cn1nnc(N2CCCCC2)n1. The van der Waals surface area contributed by atoms with Crippen LogP contribution in [-0.2, 0) is 22.7 Å². The first kappa shape index (κ1) is 19.8. The number of hydrogen-bond donors (Lipinski definition) is 1. The Morgan fingerprint density at radius 2 is 1.93 bits per heavy atom. The van der Waals surface area contributed by atoms with E-state index in [1.54, 1.807) is 0 Å². The van der Waals surface area contributed by atoms with Crippen LogP contribution < -0.4 is 10.2 Å². The van der Waals surface area contributed by atoms with Gasteiger partial charge in [-0.2, -0.15) is 4.80 Å². The number of benzene rings is 1. The van der Waals surface area contributed by atoms with Crippen LogP contribution in [0.1, 0.15) is 38.2 Å². The molecule has 0 spiro atoms. The summed E-state index contributed by atoms with van der Waals surface area (Å²) in [5.74, 6) is 0.359. The van der Waals surface area contributed by atoms with Crippen molar-refractivity contribution in [3.05, 3.63) is 35.9 Å². The Bertz CT molecular complexity index is 773. The fourth-order valence-electron chi connectivity index (χ4n) is 3.09. The van der Waals surface area contributed by atoms with Gasteiger partial charge in [-0.1, -0.05) is 42.4 Å². The predicted molar refractivity (Wildman–Crippen MR) is 103 cm³/mol. The summed E-state index contributed by atoms with van der Waals surface area (Å²) in [6, 6.07) is 8.71. The zero-order chi connectivity index (χ0) is 19.8. The highest BCUT2D eigenvalue weighted by Crippen LogP contribution is 2.14. The lowest BCUT2D eigenvalue weighted by Crippen LogP contribution is -2.42. The Morgan fingerprint density at radius 1 is 1.18 bits per heavy atom. The number of Topliss-reactive ketones (excluding diaryl/α,β-unsaturated/α-hetero) is 1. The summed E-state index contributed by atoms with van der Waals surface area (Å²) in [5, 5.41) is 14.9. The Kier molecular flexibility index (Phi) is 6.94. The van der Waals surface area contributed by atoms with Gasteiger partial charge in [-0.05, 0) is 36.5 Å². The minimum atomic E-state index is -0.660. The topological polar surface area (TPSA) is 102 Å². The minimum Gasteiger partial charge on any atom is -0.445 e. The summed E-state index contributed by atoms with van der Waals surface area (Å²) in [6.07, 6.45) is 3.27. The summed E-state index contributed by atoms with van der Waals surface area (Å²) in [6.45, 7) is 3.76. The quantitative estimate of drug-likeness (QED) is 0.739. The number of nitrogens with zero attached hydrogens (tertiary/aromatic N) is 5. The lowest BCUT2D eigenvalue weighted by molar-refractivity contribution is -0.122. The molecule has 1 aromatic heterocycles. The van der Waals surface area contributed by atoms with Gasteiger partial charge in [-0.3, -0.25) is 4.79 Å². The minimum absolute atomic E-state index is 0.0433. The molecule has 1 unspecified atom stereocenters. The van der Waals surface area contributed by atoms with Gasteiger partial charge in [0.2, 0.25) is 0 Å². The van der Waals surface area contributed by atoms with Crippen molar-refractivity contribution in [1.82, 2.24) is 25.5 Å². The van der Waals surface area contributed by atoms with E-state index in [1.165, 1.54) is 11.2 Å². The van der Waals surface area contributed by atoms with Crippen molar-refractivity contribution in [3.8, 4) is 0 Å². The van der Waals surface area contributed by atoms with Gasteiger partial charge in [0.25, 0.3) is 5.95 Å². The van der Waals surface area contributed by atoms with Crippen LogP contribution in [0.25, 0.3) is 0 Å². The normalized spacial score (nSPS) is 15.1. The fourth-order valence-corrected chi connectivity index (χ4v) is 3.09. The van der Waals surface area contributed by atoms with E-state index < -0.39 is 12.1 Å². The number of nitrogens with one attached hydrogen (secondary N) is 1. The third-order valence-electron chi connectivity index (χ3n) is 4.68. The molecule has 1 saturated heterocycles. The summed E-state index contributed by atoms with van der Waals surface area (Å²) in [7, 11) is 0. The van der Waals surface area contributed by atoms with Crippen LogP contribution in [0.5, 0.6) is 0 Å². The van der Waals surface area contributed by atoms with Crippen LogP contribution in [-0.4, -0.2) is 51.2 Å². The second-order valence-corrected chi connectivity index (χ2v) is 6.80. The summed E-state index contributed by atoms with van der Waals surface area (Å²) < 4.78 is 5.18. The van der Waals surface area contributed by atoms with E-state index in [0.29, 0.717) is 12.4 Å². The van der Waals surface area contributed by atoms with Gasteiger partial charge in [0.1, 0.15) is 13.2 Å². The number of tetrazole rings is 1. The van der Waals surface area contributed by atoms with Crippen molar-refractivity contribution in [2.75, 3.05) is 18.0 Å². The average molecular weight is 386 g/mol. The molecular formula is C19H26N6O3. The first-order chi connectivity index (χ1) is 13.7. The predicted octanol–water partition coefficient (Wildman–Crippen LogP) is 1.94. The molecule has 0 bridgehead atoms. The highest BCUT2D eigenvalue weighted by atomic mass is 16.5. The lowest BCUT2D eigenvalue weighted by atomic mass is 10.1. The van der Waals surface area contributed by atoms with E-state index in [9.17, 15) is 9.59 Å². The van der Waals surface area contributed by atoms with E-state index >= 15 is 0 Å². The molecule has 2 heterocycles. The molecule has 28 heavy (non-hydrogen) atoms. The van der Waals surface area contributed by atoms with Crippen LogP contribution in [0.2, 0.25) is 0 Å². The highest BCUT2D eigenvalue weighted by molar-refractivity contribution is 5.87. The number of piperidine rings is 1. The molecule has 1 aliphatic heterocycles. The Balaban J connectivity index is 1.49. The molecule has 9 nitrogen and oxygen atoms in total. The molecule has 2 aromatic rings. The molecule has 0 aliphatic carbocycles. The molecule has 1 amide bonds. The maximum atomic E-state index is 12.5. The van der Waals surface area contributed by atoms with Gasteiger partial charge >= 0.3 is 6.09 Å². The number of anilines is 1. The smallest absolute Gasteiger partial charge is 0.408 e. The number of amides is 1. The molecule has 1 aliphatic rings. The average Bonchev–Trinajstić information content (AvgIpc) is 3.20.